The van der Waals surface area contributed by atoms with Crippen LogP contribution in [0.1, 0.15) is 91.9 Å². The van der Waals surface area contributed by atoms with Crippen molar-refractivity contribution in [2.24, 2.45) is 16.7 Å². The molecule has 1 aliphatic heterocycles. The smallest absolute Gasteiger partial charge is 0.408 e. The van der Waals surface area contributed by atoms with Gasteiger partial charge in [0.1, 0.15) is 46.1 Å². The van der Waals surface area contributed by atoms with Gasteiger partial charge in [0.25, 0.3) is 0 Å². The summed E-state index contributed by atoms with van der Waals surface area (Å²) < 4.78 is 40.5. The number of amides is 1. The topological polar surface area (TPSA) is 243 Å². The molecule has 1 unspecified atom stereocenters. The summed E-state index contributed by atoms with van der Waals surface area (Å²) in [4.78, 5) is 71.0. The van der Waals surface area contributed by atoms with Gasteiger partial charge < -0.3 is 58.9 Å². The molecule has 2 saturated carbocycles. The predicted molar refractivity (Wildman–Crippen MR) is 236 cm³/mol. The number of rotatable bonds is 14. The van der Waals surface area contributed by atoms with Crippen LogP contribution in [0.25, 0.3) is 0 Å². The Hall–Kier alpha value is -3.85. The number of benzene rings is 1. The summed E-state index contributed by atoms with van der Waals surface area (Å²) >= 11 is 0. The molecular formula is C45H63NO16S2. The van der Waals surface area contributed by atoms with Crippen LogP contribution in [0.15, 0.2) is 41.0 Å². The number of fused-ring (bicyclic) bond motifs is 5. The van der Waals surface area contributed by atoms with Crippen molar-refractivity contribution < 1.29 is 77.6 Å². The Kier molecular flexibility index (Phi) is 15.3. The number of carbonyl (C=O) groups is 5. The SMILES string of the molecule is COc1ccc(OC)c(C(=O)O[C@H]2C3[C@]4(O)CO[C@@H]4C[C@H](O)[C@@]3(C)C(=O)[C@H](OC(=O)CCSSC)C3=C(C)[C@@H](OC(=O)[C@H](O)[C@H](C=C(C)C)NC(=O)OC(C)(C)C)C[C@]2(O)C3(C)C)c1. The van der Waals surface area contributed by atoms with Crippen molar-refractivity contribution in [1.29, 1.82) is 0 Å². The maximum absolute atomic E-state index is 15.6. The van der Waals surface area contributed by atoms with E-state index in [1.54, 1.807) is 54.5 Å². The lowest BCUT2D eigenvalue weighted by Gasteiger charge is -2.66. The summed E-state index contributed by atoms with van der Waals surface area (Å²) in [6.45, 7) is 13.9. The summed E-state index contributed by atoms with van der Waals surface area (Å²) in [7, 11) is 5.53. The van der Waals surface area contributed by atoms with Gasteiger partial charge in [-0.15, -0.1) is 0 Å². The van der Waals surface area contributed by atoms with E-state index >= 15 is 4.79 Å². The van der Waals surface area contributed by atoms with E-state index in [2.05, 4.69) is 5.32 Å². The van der Waals surface area contributed by atoms with Gasteiger partial charge in [0, 0.05) is 29.9 Å². The molecular weight excluding hydrogens is 875 g/mol. The molecule has 356 valence electrons. The number of ketones is 1. The third kappa shape index (κ3) is 9.53. The Bertz CT molecular complexity index is 2040. The summed E-state index contributed by atoms with van der Waals surface area (Å²) in [5.41, 5.74) is -8.53. The fourth-order valence-electron chi connectivity index (χ4n) is 9.62. The predicted octanol–water partition coefficient (Wildman–Crippen LogP) is 4.25. The first-order valence-electron chi connectivity index (χ1n) is 21.0. The molecule has 1 aromatic rings. The molecule has 0 radical (unpaired) electrons. The minimum atomic E-state index is -2.44. The maximum Gasteiger partial charge on any atom is 0.408 e. The first-order valence-corrected chi connectivity index (χ1v) is 23.8. The Morgan fingerprint density at radius 1 is 1.05 bits per heavy atom. The van der Waals surface area contributed by atoms with Crippen molar-refractivity contribution in [3.63, 3.8) is 0 Å². The minimum absolute atomic E-state index is 0.0111. The van der Waals surface area contributed by atoms with E-state index in [0.717, 1.165) is 0 Å². The molecule has 5 N–H and O–H groups in total. The quantitative estimate of drug-likeness (QED) is 0.0576. The lowest BCUT2D eigenvalue weighted by Crippen LogP contribution is -2.81. The van der Waals surface area contributed by atoms with Crippen molar-refractivity contribution in [1.82, 2.24) is 5.32 Å². The van der Waals surface area contributed by atoms with Gasteiger partial charge >= 0.3 is 24.0 Å². The van der Waals surface area contributed by atoms with E-state index in [1.165, 1.54) is 67.9 Å². The van der Waals surface area contributed by atoms with Crippen molar-refractivity contribution >= 4 is 51.4 Å². The van der Waals surface area contributed by atoms with E-state index in [4.69, 9.17) is 33.2 Å². The van der Waals surface area contributed by atoms with Gasteiger partial charge in [0.15, 0.2) is 18.0 Å². The van der Waals surface area contributed by atoms with Gasteiger partial charge in [-0.25, -0.2) is 14.4 Å². The van der Waals surface area contributed by atoms with Crippen LogP contribution in [0, 0.1) is 16.7 Å². The molecule has 64 heavy (non-hydrogen) atoms. The Morgan fingerprint density at radius 3 is 2.28 bits per heavy atom. The van der Waals surface area contributed by atoms with E-state index < -0.39 is 112 Å². The number of aliphatic hydroxyl groups excluding tert-OH is 2. The third-order valence-corrected chi connectivity index (χ3v) is 14.8. The van der Waals surface area contributed by atoms with Gasteiger partial charge in [-0.3, -0.25) is 9.59 Å². The van der Waals surface area contributed by atoms with E-state index in [1.807, 2.05) is 6.26 Å². The fourth-order valence-corrected chi connectivity index (χ4v) is 10.8. The first-order chi connectivity index (χ1) is 29.7. The van der Waals surface area contributed by atoms with Crippen LogP contribution in [0.3, 0.4) is 0 Å². The van der Waals surface area contributed by atoms with Crippen LogP contribution < -0.4 is 14.8 Å². The number of allylic oxidation sites excluding steroid dienone is 1. The van der Waals surface area contributed by atoms with Crippen LogP contribution >= 0.6 is 21.6 Å². The largest absolute Gasteiger partial charge is 0.497 e. The summed E-state index contributed by atoms with van der Waals surface area (Å²) in [6.07, 6.45) is -8.54. The van der Waals surface area contributed by atoms with Crippen LogP contribution in [0.5, 0.6) is 11.5 Å². The summed E-state index contributed by atoms with van der Waals surface area (Å²) in [6, 6.07) is 3.01. The number of carbonyl (C=O) groups excluding carboxylic acids is 5. The average Bonchev–Trinajstić information content (AvgIpc) is 3.20. The molecule has 1 aromatic carbocycles. The number of alkyl carbamates (subject to hydrolysis) is 1. The number of ether oxygens (including phenoxy) is 7. The number of aliphatic hydroxyl groups is 4. The molecule has 5 rings (SSSR count). The highest BCUT2D eigenvalue weighted by Crippen LogP contribution is 2.63. The standard InChI is InChI=1S/C45H63NO16S2/c1-22(2)17-26(46-40(53)62-41(4,5)6)33(49)39(52)59-28-20-45(55)37(61-38(51)25-18-24(56-10)13-14-27(25)57-11)35-43(9,29(47)19-30-44(35,54)21-58-30)36(50)34(32(23(28)3)42(45,7)8)60-31(48)15-16-64-63-12/h13-14,17-18,26,28-30,33-35,37,47,49,54-55H,15-16,19-21H2,1-12H3,(H,46,53)/t26-,28-,29-,30+,33+,34+,35?,37-,43+,44-,45+/m0/s1. The van der Waals surface area contributed by atoms with Gasteiger partial charge in [-0.2, -0.15) is 0 Å². The van der Waals surface area contributed by atoms with Gasteiger partial charge in [0.05, 0.1) is 50.9 Å². The third-order valence-electron chi connectivity index (χ3n) is 13.0. The molecule has 17 nitrogen and oxygen atoms in total. The molecule has 1 amide bonds. The highest BCUT2D eigenvalue weighted by Gasteiger charge is 2.77. The molecule has 3 fully saturated rings. The monoisotopic (exact) mass is 937 g/mol. The molecule has 19 heteroatoms. The van der Waals surface area contributed by atoms with Gasteiger partial charge in [-0.1, -0.05) is 47.1 Å². The maximum atomic E-state index is 15.6. The molecule has 0 spiro atoms. The normalized spacial score (nSPS) is 31.5. The second-order valence-electron chi connectivity index (χ2n) is 18.8. The molecule has 1 saturated heterocycles. The fraction of sp³-hybridized carbons (Fsp3) is 0.667. The zero-order valence-corrected chi connectivity index (χ0v) is 40.1. The average molecular weight is 938 g/mol. The Balaban J connectivity index is 1.73. The summed E-state index contributed by atoms with van der Waals surface area (Å²) in [5.74, 6) is -4.98. The summed E-state index contributed by atoms with van der Waals surface area (Å²) in [5, 5.41) is 52.5. The molecule has 1 heterocycles. The lowest BCUT2D eigenvalue weighted by atomic mass is 9.44. The highest BCUT2D eigenvalue weighted by molar-refractivity contribution is 8.76. The zero-order valence-electron chi connectivity index (χ0n) is 38.5. The van der Waals surface area contributed by atoms with Crippen molar-refractivity contribution in [2.45, 2.75) is 141 Å². The number of hydrogen-bond acceptors (Lipinski definition) is 18. The number of Topliss-reactive ketones (excluding diaryl/α,β-unsaturated/α-hetero) is 1. The van der Waals surface area contributed by atoms with E-state index in [-0.39, 0.29) is 47.7 Å². The lowest BCUT2D eigenvalue weighted by molar-refractivity contribution is -0.343. The van der Waals surface area contributed by atoms with E-state index in [9.17, 15) is 39.6 Å². The minimum Gasteiger partial charge on any atom is -0.497 e. The van der Waals surface area contributed by atoms with Crippen LogP contribution in [0.4, 0.5) is 4.79 Å². The van der Waals surface area contributed by atoms with Gasteiger partial charge in [0.2, 0.25) is 0 Å². The second-order valence-corrected chi connectivity index (χ2v) is 21.5. The number of nitrogens with one attached hydrogen (secondary N) is 1. The van der Waals surface area contributed by atoms with Crippen LogP contribution in [-0.2, 0) is 38.1 Å². The molecule has 3 aliphatic carbocycles. The van der Waals surface area contributed by atoms with Crippen molar-refractivity contribution in [3.05, 3.63) is 46.6 Å². The Morgan fingerprint density at radius 2 is 1.72 bits per heavy atom. The second kappa shape index (κ2) is 19.2. The van der Waals surface area contributed by atoms with Crippen molar-refractivity contribution in [2.75, 3.05) is 32.8 Å². The highest BCUT2D eigenvalue weighted by atomic mass is 33.1. The van der Waals surface area contributed by atoms with Crippen LogP contribution in [-0.4, -0.2) is 143 Å². The molecule has 4 aliphatic rings. The van der Waals surface area contributed by atoms with Crippen LogP contribution in [0.2, 0.25) is 0 Å². The van der Waals surface area contributed by atoms with E-state index in [0.29, 0.717) is 11.3 Å². The number of hydrogen-bond donors (Lipinski definition) is 5. The number of methoxy groups -OCH3 is 2. The van der Waals surface area contributed by atoms with Crippen molar-refractivity contribution in [3.8, 4) is 11.5 Å². The molecule has 0 aromatic heterocycles. The van der Waals surface area contributed by atoms with Gasteiger partial charge in [-0.05, 0) is 84.1 Å². The molecule has 11 atom stereocenters. The number of esters is 3. The first kappa shape index (κ1) is 51.1. The zero-order chi connectivity index (χ0) is 47.9. The Labute approximate surface area is 381 Å². The molecule has 2 bridgehead atoms.